The molecule has 0 saturated heterocycles. The summed E-state index contributed by atoms with van der Waals surface area (Å²) >= 11 is 0. The maximum atomic E-state index is 11.5. The second-order valence-electron chi connectivity index (χ2n) is 7.10. The molecule has 0 atom stereocenters. The Morgan fingerprint density at radius 1 is 1.21 bits per heavy atom. The Morgan fingerprint density at radius 3 is 2.50 bits per heavy atom. The summed E-state index contributed by atoms with van der Waals surface area (Å²) in [7, 11) is 0. The van der Waals surface area contributed by atoms with E-state index < -0.39 is 0 Å². The van der Waals surface area contributed by atoms with Gasteiger partial charge in [0, 0.05) is 24.6 Å². The van der Waals surface area contributed by atoms with E-state index in [4.69, 9.17) is 5.73 Å². The number of aryl methyl sites for hydroxylation is 3. The highest BCUT2D eigenvalue weighted by molar-refractivity contribution is 5.93. The zero-order chi connectivity index (χ0) is 17.3. The molecule has 0 spiro atoms. The van der Waals surface area contributed by atoms with Gasteiger partial charge in [-0.3, -0.25) is 14.5 Å². The summed E-state index contributed by atoms with van der Waals surface area (Å²) in [6.07, 6.45) is 8.68. The van der Waals surface area contributed by atoms with Crippen LogP contribution in [-0.4, -0.2) is 20.7 Å². The van der Waals surface area contributed by atoms with Crippen LogP contribution >= 0.6 is 0 Å². The summed E-state index contributed by atoms with van der Waals surface area (Å²) < 4.78 is 2.09. The SMILES string of the molecule is Cc1cn(CC2CCC(c3cnc(C)c(C(N)=O)c3)CC2)nc1C. The van der Waals surface area contributed by atoms with Gasteiger partial charge in [-0.15, -0.1) is 0 Å². The van der Waals surface area contributed by atoms with Gasteiger partial charge in [0.15, 0.2) is 0 Å². The Balaban J connectivity index is 1.62. The molecule has 3 rings (SSSR count). The van der Waals surface area contributed by atoms with Crippen LogP contribution in [0.25, 0.3) is 0 Å². The van der Waals surface area contributed by atoms with Crippen molar-refractivity contribution in [2.75, 3.05) is 0 Å². The lowest BCUT2D eigenvalue weighted by molar-refractivity contribution is 0.0999. The predicted octanol–water partition coefficient (Wildman–Crippen LogP) is 3.28. The van der Waals surface area contributed by atoms with Crippen molar-refractivity contribution >= 4 is 5.91 Å². The molecule has 2 aromatic rings. The normalized spacial score (nSPS) is 21.0. The fourth-order valence-electron chi connectivity index (χ4n) is 3.68. The minimum absolute atomic E-state index is 0.389. The van der Waals surface area contributed by atoms with Gasteiger partial charge < -0.3 is 5.73 Å². The molecular formula is C19H26N4O. The zero-order valence-corrected chi connectivity index (χ0v) is 14.7. The summed E-state index contributed by atoms with van der Waals surface area (Å²) in [5.74, 6) is 0.766. The Labute approximate surface area is 143 Å². The summed E-state index contributed by atoms with van der Waals surface area (Å²) in [6, 6.07) is 1.94. The van der Waals surface area contributed by atoms with Crippen LogP contribution in [0.4, 0.5) is 0 Å². The predicted molar refractivity (Wildman–Crippen MR) is 93.9 cm³/mol. The third-order valence-corrected chi connectivity index (χ3v) is 5.33. The molecule has 1 aliphatic rings. The van der Waals surface area contributed by atoms with Gasteiger partial charge in [-0.1, -0.05) is 0 Å². The number of carbonyl (C=O) groups is 1. The third kappa shape index (κ3) is 3.50. The minimum Gasteiger partial charge on any atom is -0.366 e. The van der Waals surface area contributed by atoms with Crippen LogP contribution < -0.4 is 5.73 Å². The van der Waals surface area contributed by atoms with E-state index in [1.54, 1.807) is 0 Å². The lowest BCUT2D eigenvalue weighted by Gasteiger charge is -2.28. The molecule has 1 aliphatic carbocycles. The van der Waals surface area contributed by atoms with Crippen molar-refractivity contribution in [3.63, 3.8) is 0 Å². The second-order valence-corrected chi connectivity index (χ2v) is 7.10. The Hall–Kier alpha value is -2.17. The molecule has 0 bridgehead atoms. The van der Waals surface area contributed by atoms with Crippen molar-refractivity contribution < 1.29 is 4.79 Å². The maximum Gasteiger partial charge on any atom is 0.250 e. The highest BCUT2D eigenvalue weighted by Crippen LogP contribution is 2.36. The molecule has 5 nitrogen and oxygen atoms in total. The van der Waals surface area contributed by atoms with Gasteiger partial charge in [0.2, 0.25) is 0 Å². The van der Waals surface area contributed by atoms with E-state index in [0.717, 1.165) is 30.6 Å². The molecule has 5 heteroatoms. The van der Waals surface area contributed by atoms with Crippen LogP contribution in [-0.2, 0) is 6.54 Å². The van der Waals surface area contributed by atoms with E-state index in [0.29, 0.717) is 23.1 Å². The van der Waals surface area contributed by atoms with E-state index in [2.05, 4.69) is 34.8 Å². The molecule has 0 aliphatic heterocycles. The van der Waals surface area contributed by atoms with E-state index in [1.165, 1.54) is 18.4 Å². The first-order valence-corrected chi connectivity index (χ1v) is 8.71. The molecule has 1 saturated carbocycles. The van der Waals surface area contributed by atoms with Gasteiger partial charge in [-0.25, -0.2) is 0 Å². The Bertz CT molecular complexity index is 722. The van der Waals surface area contributed by atoms with Crippen LogP contribution in [0.5, 0.6) is 0 Å². The second kappa shape index (κ2) is 6.75. The first-order chi connectivity index (χ1) is 11.4. The number of pyridine rings is 1. The van der Waals surface area contributed by atoms with Crippen molar-refractivity contribution in [3.05, 3.63) is 46.5 Å². The third-order valence-electron chi connectivity index (χ3n) is 5.33. The zero-order valence-electron chi connectivity index (χ0n) is 14.7. The molecule has 0 aromatic carbocycles. The van der Waals surface area contributed by atoms with Gasteiger partial charge in [0.25, 0.3) is 5.91 Å². The first kappa shape index (κ1) is 16.7. The van der Waals surface area contributed by atoms with Crippen molar-refractivity contribution in [1.29, 1.82) is 0 Å². The van der Waals surface area contributed by atoms with Gasteiger partial charge in [-0.2, -0.15) is 5.10 Å². The number of hydrogen-bond donors (Lipinski definition) is 1. The van der Waals surface area contributed by atoms with Crippen molar-refractivity contribution in [2.24, 2.45) is 11.7 Å². The molecular weight excluding hydrogens is 300 g/mol. The summed E-state index contributed by atoms with van der Waals surface area (Å²) in [6.45, 7) is 6.99. The lowest BCUT2D eigenvalue weighted by Crippen LogP contribution is -2.19. The van der Waals surface area contributed by atoms with Crippen molar-refractivity contribution in [3.8, 4) is 0 Å². The van der Waals surface area contributed by atoms with Crippen molar-refractivity contribution in [2.45, 2.75) is 58.9 Å². The molecule has 24 heavy (non-hydrogen) atoms. The average Bonchev–Trinajstić information content (AvgIpc) is 2.86. The summed E-state index contributed by atoms with van der Waals surface area (Å²) in [5, 5.41) is 4.58. The van der Waals surface area contributed by atoms with Crippen molar-refractivity contribution in [1.82, 2.24) is 14.8 Å². The number of nitrogens with zero attached hydrogens (tertiary/aromatic N) is 3. The molecule has 2 heterocycles. The molecule has 1 amide bonds. The number of hydrogen-bond acceptors (Lipinski definition) is 3. The van der Waals surface area contributed by atoms with E-state index in [-0.39, 0.29) is 5.91 Å². The topological polar surface area (TPSA) is 73.8 Å². The molecule has 2 N–H and O–H groups in total. The smallest absolute Gasteiger partial charge is 0.250 e. The number of nitrogens with two attached hydrogens (primary N) is 1. The summed E-state index contributed by atoms with van der Waals surface area (Å²) in [5.41, 5.74) is 10.2. The number of rotatable bonds is 4. The van der Waals surface area contributed by atoms with Crippen LogP contribution in [0.15, 0.2) is 18.5 Å². The highest BCUT2D eigenvalue weighted by atomic mass is 16.1. The molecule has 1 fully saturated rings. The van der Waals surface area contributed by atoms with Crippen LogP contribution in [0.3, 0.4) is 0 Å². The van der Waals surface area contributed by atoms with Crippen LogP contribution in [0, 0.1) is 26.7 Å². The number of carbonyl (C=O) groups excluding carboxylic acids is 1. The average molecular weight is 326 g/mol. The maximum absolute atomic E-state index is 11.5. The summed E-state index contributed by atoms with van der Waals surface area (Å²) in [4.78, 5) is 15.9. The molecule has 128 valence electrons. The van der Waals surface area contributed by atoms with Gasteiger partial charge in [0.05, 0.1) is 11.3 Å². The fraction of sp³-hybridized carbons (Fsp3) is 0.526. The van der Waals surface area contributed by atoms with Gasteiger partial charge >= 0.3 is 0 Å². The lowest BCUT2D eigenvalue weighted by atomic mass is 9.79. The van der Waals surface area contributed by atoms with E-state index in [1.807, 2.05) is 19.2 Å². The Morgan fingerprint density at radius 2 is 1.92 bits per heavy atom. The van der Waals surface area contributed by atoms with Gasteiger partial charge in [0.1, 0.15) is 0 Å². The quantitative estimate of drug-likeness (QED) is 0.937. The molecule has 2 aromatic heterocycles. The standard InChI is InChI=1S/C19H26N4O/c1-12-10-23(22-13(12)2)11-15-4-6-16(7-5-15)17-8-18(19(20)24)14(3)21-9-17/h8-10,15-16H,4-7,11H2,1-3H3,(H2,20,24). The minimum atomic E-state index is -0.389. The number of primary amides is 1. The molecule has 0 radical (unpaired) electrons. The Kier molecular flexibility index (Phi) is 4.69. The first-order valence-electron chi connectivity index (χ1n) is 8.71. The van der Waals surface area contributed by atoms with Crippen LogP contribution in [0.2, 0.25) is 0 Å². The molecule has 0 unspecified atom stereocenters. The largest absolute Gasteiger partial charge is 0.366 e. The monoisotopic (exact) mass is 326 g/mol. The number of aromatic nitrogens is 3. The fourth-order valence-corrected chi connectivity index (χ4v) is 3.68. The highest BCUT2D eigenvalue weighted by Gasteiger charge is 2.24. The van der Waals surface area contributed by atoms with E-state index >= 15 is 0 Å². The van der Waals surface area contributed by atoms with E-state index in [9.17, 15) is 4.79 Å². The van der Waals surface area contributed by atoms with Crippen LogP contribution in [0.1, 0.15) is 64.5 Å². The van der Waals surface area contributed by atoms with Gasteiger partial charge in [-0.05, 0) is 75.5 Å². The number of amides is 1.